The Hall–Kier alpha value is -1.94. The summed E-state index contributed by atoms with van der Waals surface area (Å²) in [5, 5.41) is 10.5. The minimum Gasteiger partial charge on any atom is -0.462 e. The third kappa shape index (κ3) is 51.3. The highest BCUT2D eigenvalue weighted by molar-refractivity contribution is 7.47. The maximum absolute atomic E-state index is 12.9. The SMILES string of the molecule is CCCCCCCCCCCC(=O)OC[C@H](COP(=O)(O)OC[C@@H](O)COP(=O)(O)OC[C@@H](COC(=O)CCCCCCCCCC)OC(=O)CCCCCCCCCC)OC(=O)CCCCCCCCCC(C)C. The molecule has 444 valence electrons. The van der Waals surface area contributed by atoms with Crippen LogP contribution in [0.15, 0.2) is 0 Å². The minimum atomic E-state index is -4.93. The number of hydrogen-bond acceptors (Lipinski definition) is 15. The Labute approximate surface area is 454 Å². The molecule has 3 N–H and O–H groups in total. The number of carbonyl (C=O) groups is 4. The van der Waals surface area contributed by atoms with Gasteiger partial charge >= 0.3 is 39.5 Å². The minimum absolute atomic E-state index is 0.103. The molecule has 0 saturated carbocycles. The van der Waals surface area contributed by atoms with E-state index in [9.17, 15) is 43.2 Å². The Morgan fingerprint density at radius 1 is 0.360 bits per heavy atom. The number of ether oxygens (including phenoxy) is 4. The molecule has 0 rings (SSSR count). The summed E-state index contributed by atoms with van der Waals surface area (Å²) in [7, 11) is -9.86. The van der Waals surface area contributed by atoms with Gasteiger partial charge in [-0.2, -0.15) is 0 Å². The summed E-state index contributed by atoms with van der Waals surface area (Å²) in [5.41, 5.74) is 0. The molecule has 0 spiro atoms. The van der Waals surface area contributed by atoms with Gasteiger partial charge in [-0.15, -0.1) is 0 Å². The molecule has 0 aromatic rings. The fourth-order valence-corrected chi connectivity index (χ4v) is 9.75. The topological polar surface area (TPSA) is 237 Å². The summed E-state index contributed by atoms with van der Waals surface area (Å²) >= 11 is 0. The second-order valence-electron chi connectivity index (χ2n) is 20.8. The lowest BCUT2D eigenvalue weighted by molar-refractivity contribution is -0.161. The first-order chi connectivity index (χ1) is 36.0. The summed E-state index contributed by atoms with van der Waals surface area (Å²) < 4.78 is 67.5. The van der Waals surface area contributed by atoms with E-state index in [1.165, 1.54) is 83.5 Å². The van der Waals surface area contributed by atoms with Gasteiger partial charge in [0.2, 0.25) is 0 Å². The van der Waals surface area contributed by atoms with Gasteiger partial charge in [0.05, 0.1) is 26.4 Å². The van der Waals surface area contributed by atoms with Crippen LogP contribution in [0.25, 0.3) is 0 Å². The zero-order chi connectivity index (χ0) is 55.7. The number of aliphatic hydroxyl groups is 1. The zero-order valence-corrected chi connectivity index (χ0v) is 49.5. The van der Waals surface area contributed by atoms with Crippen molar-refractivity contribution in [2.45, 2.75) is 291 Å². The molecule has 17 nitrogen and oxygen atoms in total. The van der Waals surface area contributed by atoms with E-state index < -0.39 is 97.5 Å². The molecule has 5 atom stereocenters. The van der Waals surface area contributed by atoms with Gasteiger partial charge in [0.25, 0.3) is 0 Å². The van der Waals surface area contributed by atoms with Crippen LogP contribution in [0.4, 0.5) is 0 Å². The third-order valence-electron chi connectivity index (χ3n) is 12.8. The van der Waals surface area contributed by atoms with Gasteiger partial charge < -0.3 is 33.8 Å². The highest BCUT2D eigenvalue weighted by atomic mass is 31.2. The summed E-state index contributed by atoms with van der Waals surface area (Å²) in [5.74, 6) is -1.46. The molecule has 0 aromatic carbocycles. The van der Waals surface area contributed by atoms with Crippen molar-refractivity contribution in [2.75, 3.05) is 39.6 Å². The molecule has 0 aromatic heterocycles. The first-order valence-corrected chi connectivity index (χ1v) is 32.6. The molecule has 0 aliphatic rings. The second kappa shape index (κ2) is 50.3. The van der Waals surface area contributed by atoms with Crippen molar-refractivity contribution in [3.05, 3.63) is 0 Å². The van der Waals surface area contributed by atoms with Crippen molar-refractivity contribution in [1.82, 2.24) is 0 Å². The standard InChI is InChI=1S/C56H108O17P2/c1-6-9-12-15-18-21-26-30-35-40-54(59)67-46-52(73-56(61)42-37-32-27-22-23-28-33-38-49(4)5)48-71-75(64,65)69-44-50(57)43-68-74(62,63)70-47-51(72-55(60)41-36-31-25-20-17-14-11-8-3)45-66-53(58)39-34-29-24-19-16-13-10-7-2/h49-52,57H,6-48H2,1-5H3,(H,62,63)(H,64,65)/t50-,51+,52+/m0/s1. The number of phosphoric acid groups is 2. The van der Waals surface area contributed by atoms with Crippen molar-refractivity contribution in [3.63, 3.8) is 0 Å². The monoisotopic (exact) mass is 1110 g/mol. The molecular weight excluding hydrogens is 1010 g/mol. The van der Waals surface area contributed by atoms with Crippen molar-refractivity contribution in [3.8, 4) is 0 Å². The van der Waals surface area contributed by atoms with Crippen molar-refractivity contribution >= 4 is 39.5 Å². The maximum Gasteiger partial charge on any atom is 0.472 e. The van der Waals surface area contributed by atoms with Gasteiger partial charge in [-0.1, -0.05) is 221 Å². The Balaban J connectivity index is 5.21. The Morgan fingerprint density at radius 2 is 0.613 bits per heavy atom. The normalized spacial score (nSPS) is 14.5. The van der Waals surface area contributed by atoms with E-state index in [2.05, 4.69) is 34.6 Å². The van der Waals surface area contributed by atoms with Crippen molar-refractivity contribution < 1.29 is 80.2 Å². The average Bonchev–Trinajstić information content (AvgIpc) is 3.37. The van der Waals surface area contributed by atoms with Gasteiger partial charge in [0.1, 0.15) is 19.3 Å². The zero-order valence-electron chi connectivity index (χ0n) is 47.7. The highest BCUT2D eigenvalue weighted by Gasteiger charge is 2.30. The molecule has 0 aliphatic carbocycles. The van der Waals surface area contributed by atoms with Crippen LogP contribution in [-0.4, -0.2) is 96.7 Å². The molecule has 0 radical (unpaired) electrons. The summed E-state index contributed by atoms with van der Waals surface area (Å²) in [4.78, 5) is 71.6. The largest absolute Gasteiger partial charge is 0.472 e. The maximum atomic E-state index is 12.9. The molecule has 0 aliphatic heterocycles. The molecular formula is C56H108O17P2. The van der Waals surface area contributed by atoms with Crippen LogP contribution < -0.4 is 0 Å². The molecule has 19 heteroatoms. The van der Waals surface area contributed by atoms with Gasteiger partial charge in [-0.25, -0.2) is 9.13 Å². The number of rotatable bonds is 56. The van der Waals surface area contributed by atoms with E-state index in [1.54, 1.807) is 0 Å². The fraction of sp³-hybridized carbons (Fsp3) is 0.929. The second-order valence-corrected chi connectivity index (χ2v) is 23.7. The Kier molecular flexibility index (Phi) is 49.0. The fourth-order valence-electron chi connectivity index (χ4n) is 8.17. The van der Waals surface area contributed by atoms with E-state index in [0.29, 0.717) is 31.6 Å². The highest BCUT2D eigenvalue weighted by Crippen LogP contribution is 2.45. The predicted molar refractivity (Wildman–Crippen MR) is 294 cm³/mol. The van der Waals surface area contributed by atoms with Gasteiger partial charge in [0.15, 0.2) is 12.2 Å². The number of carbonyl (C=O) groups excluding carboxylic acids is 4. The van der Waals surface area contributed by atoms with E-state index in [1.807, 2.05) is 0 Å². The van der Waals surface area contributed by atoms with Gasteiger partial charge in [0, 0.05) is 25.7 Å². The average molecular weight is 1120 g/mol. The number of esters is 4. The molecule has 0 amide bonds. The number of hydrogen-bond donors (Lipinski definition) is 3. The lowest BCUT2D eigenvalue weighted by atomic mass is 10.0. The van der Waals surface area contributed by atoms with Crippen molar-refractivity contribution in [2.24, 2.45) is 5.92 Å². The van der Waals surface area contributed by atoms with Crippen LogP contribution in [0, 0.1) is 5.92 Å². The number of aliphatic hydroxyl groups excluding tert-OH is 1. The Morgan fingerprint density at radius 3 is 0.907 bits per heavy atom. The first kappa shape index (κ1) is 73.1. The van der Waals surface area contributed by atoms with E-state index >= 15 is 0 Å². The van der Waals surface area contributed by atoms with Crippen LogP contribution in [0.5, 0.6) is 0 Å². The van der Waals surface area contributed by atoms with Crippen LogP contribution in [0.2, 0.25) is 0 Å². The molecule has 0 fully saturated rings. The summed E-state index contributed by atoms with van der Waals surface area (Å²) in [6.45, 7) is 7.00. The van der Waals surface area contributed by atoms with Crippen LogP contribution in [-0.2, 0) is 65.4 Å². The van der Waals surface area contributed by atoms with Crippen LogP contribution in [0.1, 0.15) is 272 Å². The number of phosphoric ester groups is 2. The van der Waals surface area contributed by atoms with Gasteiger partial charge in [-0.05, 0) is 31.6 Å². The third-order valence-corrected chi connectivity index (χ3v) is 14.7. The lowest BCUT2D eigenvalue weighted by Crippen LogP contribution is -2.30. The summed E-state index contributed by atoms with van der Waals surface area (Å²) in [6, 6.07) is 0. The smallest absolute Gasteiger partial charge is 0.462 e. The lowest BCUT2D eigenvalue weighted by Gasteiger charge is -2.21. The van der Waals surface area contributed by atoms with E-state index in [4.69, 9.17) is 37.0 Å². The van der Waals surface area contributed by atoms with Crippen LogP contribution >= 0.6 is 15.6 Å². The van der Waals surface area contributed by atoms with E-state index in [-0.39, 0.29) is 25.7 Å². The molecule has 0 heterocycles. The quantitative estimate of drug-likeness (QED) is 0.0222. The molecule has 2 unspecified atom stereocenters. The molecule has 0 saturated heterocycles. The van der Waals surface area contributed by atoms with Crippen LogP contribution in [0.3, 0.4) is 0 Å². The van der Waals surface area contributed by atoms with E-state index in [0.717, 1.165) is 103 Å². The van der Waals surface area contributed by atoms with Crippen molar-refractivity contribution in [1.29, 1.82) is 0 Å². The molecule has 75 heavy (non-hydrogen) atoms. The number of unbranched alkanes of at least 4 members (excludes halogenated alkanes) is 28. The Bertz CT molecular complexity index is 1480. The summed E-state index contributed by atoms with van der Waals surface area (Å²) in [6.07, 6.45) is 30.9. The molecule has 0 bridgehead atoms. The first-order valence-electron chi connectivity index (χ1n) is 29.6. The predicted octanol–water partition coefficient (Wildman–Crippen LogP) is 14.7. The van der Waals surface area contributed by atoms with Gasteiger partial charge in [-0.3, -0.25) is 37.3 Å².